The SMILES string of the molecule is CC1c2ccsc2CCN1Cc1ccc(N)c(Br)c1. The molecular weight excluding hydrogens is 320 g/mol. The number of nitrogens with zero attached hydrogens (tertiary/aromatic N) is 1. The lowest BCUT2D eigenvalue weighted by Crippen LogP contribution is -2.32. The molecular formula is C15H17BrN2S. The zero-order valence-electron chi connectivity index (χ0n) is 10.9. The molecule has 1 aliphatic rings. The van der Waals surface area contributed by atoms with Crippen LogP contribution in [0.2, 0.25) is 0 Å². The summed E-state index contributed by atoms with van der Waals surface area (Å²) >= 11 is 5.39. The van der Waals surface area contributed by atoms with Crippen molar-refractivity contribution < 1.29 is 0 Å². The number of thiophene rings is 1. The number of hydrogen-bond acceptors (Lipinski definition) is 3. The molecule has 2 aromatic rings. The first-order valence-corrected chi connectivity index (χ1v) is 8.16. The van der Waals surface area contributed by atoms with Crippen LogP contribution >= 0.6 is 27.3 Å². The third kappa shape index (κ3) is 2.57. The van der Waals surface area contributed by atoms with Gasteiger partial charge in [0.2, 0.25) is 0 Å². The first kappa shape index (κ1) is 13.2. The second-order valence-corrected chi connectivity index (χ2v) is 6.91. The van der Waals surface area contributed by atoms with Crippen LogP contribution in [0.5, 0.6) is 0 Å². The molecule has 2 nitrogen and oxygen atoms in total. The average Bonchev–Trinajstić information content (AvgIpc) is 2.86. The normalized spacial score (nSPS) is 19.4. The number of nitrogen functional groups attached to an aromatic ring is 1. The Bertz CT molecular complexity index is 594. The Balaban J connectivity index is 1.79. The first-order valence-electron chi connectivity index (χ1n) is 6.49. The van der Waals surface area contributed by atoms with E-state index in [1.54, 1.807) is 4.88 Å². The van der Waals surface area contributed by atoms with Crippen molar-refractivity contribution in [3.8, 4) is 0 Å². The minimum absolute atomic E-state index is 0.506. The smallest absolute Gasteiger partial charge is 0.0458 e. The van der Waals surface area contributed by atoms with Crippen LogP contribution in [-0.4, -0.2) is 11.4 Å². The van der Waals surface area contributed by atoms with Crippen LogP contribution in [0.3, 0.4) is 0 Å². The second kappa shape index (κ2) is 5.27. The lowest BCUT2D eigenvalue weighted by Gasteiger charge is -2.33. The fraction of sp³-hybridized carbons (Fsp3) is 0.333. The number of rotatable bonds is 2. The molecule has 0 amide bonds. The van der Waals surface area contributed by atoms with Crippen molar-refractivity contribution in [3.63, 3.8) is 0 Å². The minimum Gasteiger partial charge on any atom is -0.398 e. The zero-order chi connectivity index (χ0) is 13.4. The van der Waals surface area contributed by atoms with Gasteiger partial charge in [-0.2, -0.15) is 0 Å². The van der Waals surface area contributed by atoms with Gasteiger partial charge >= 0.3 is 0 Å². The fourth-order valence-corrected chi connectivity index (χ4v) is 4.07. The Morgan fingerprint density at radius 3 is 3.05 bits per heavy atom. The maximum absolute atomic E-state index is 5.84. The van der Waals surface area contributed by atoms with Gasteiger partial charge in [0.1, 0.15) is 0 Å². The van der Waals surface area contributed by atoms with Crippen LogP contribution in [0.4, 0.5) is 5.69 Å². The van der Waals surface area contributed by atoms with Gasteiger partial charge in [-0.05, 0) is 64.0 Å². The summed E-state index contributed by atoms with van der Waals surface area (Å²) in [5.41, 5.74) is 9.46. The molecule has 100 valence electrons. The summed E-state index contributed by atoms with van der Waals surface area (Å²) in [6, 6.07) is 9.01. The van der Waals surface area contributed by atoms with Gasteiger partial charge in [0.15, 0.2) is 0 Å². The molecule has 3 rings (SSSR count). The lowest BCUT2D eigenvalue weighted by atomic mass is 10.0. The van der Waals surface area contributed by atoms with Gasteiger partial charge in [-0.3, -0.25) is 4.90 Å². The highest BCUT2D eigenvalue weighted by molar-refractivity contribution is 9.10. The second-order valence-electron chi connectivity index (χ2n) is 5.05. The lowest BCUT2D eigenvalue weighted by molar-refractivity contribution is 0.191. The van der Waals surface area contributed by atoms with Crippen LogP contribution in [-0.2, 0) is 13.0 Å². The minimum atomic E-state index is 0.506. The van der Waals surface area contributed by atoms with Crippen molar-refractivity contribution in [3.05, 3.63) is 50.1 Å². The van der Waals surface area contributed by atoms with Crippen molar-refractivity contribution in [1.82, 2.24) is 4.90 Å². The van der Waals surface area contributed by atoms with Crippen molar-refractivity contribution >= 4 is 33.0 Å². The van der Waals surface area contributed by atoms with Crippen LogP contribution in [0, 0.1) is 0 Å². The van der Waals surface area contributed by atoms with E-state index in [1.165, 1.54) is 17.5 Å². The molecule has 0 radical (unpaired) electrons. The molecule has 0 fully saturated rings. The van der Waals surface area contributed by atoms with Gasteiger partial charge in [0.05, 0.1) is 0 Å². The Labute approximate surface area is 126 Å². The average molecular weight is 337 g/mol. The maximum Gasteiger partial charge on any atom is 0.0458 e. The standard InChI is InChI=1S/C15H17BrN2S/c1-10-12-5-7-19-15(12)4-6-18(10)9-11-2-3-14(17)13(16)8-11/h2-3,5,7-8,10H,4,6,9,17H2,1H3. The Hall–Kier alpha value is -0.840. The van der Waals surface area contributed by atoms with Gasteiger partial charge in [0.25, 0.3) is 0 Å². The Kier molecular flexibility index (Phi) is 3.65. The number of fused-ring (bicyclic) bond motifs is 1. The highest BCUT2D eigenvalue weighted by Gasteiger charge is 2.24. The molecule has 2 heterocycles. The first-order chi connectivity index (χ1) is 9.15. The van der Waals surface area contributed by atoms with Crippen LogP contribution in [0.25, 0.3) is 0 Å². The Morgan fingerprint density at radius 1 is 1.42 bits per heavy atom. The Morgan fingerprint density at radius 2 is 2.26 bits per heavy atom. The van der Waals surface area contributed by atoms with Crippen LogP contribution in [0.1, 0.15) is 29.0 Å². The highest BCUT2D eigenvalue weighted by atomic mass is 79.9. The molecule has 1 aromatic heterocycles. The van der Waals surface area contributed by atoms with Crippen LogP contribution in [0.15, 0.2) is 34.1 Å². The largest absolute Gasteiger partial charge is 0.398 e. The summed E-state index contributed by atoms with van der Waals surface area (Å²) in [6.07, 6.45) is 1.17. The van der Waals surface area contributed by atoms with Gasteiger partial charge in [-0.25, -0.2) is 0 Å². The van der Waals surface area contributed by atoms with Crippen molar-refractivity contribution in [1.29, 1.82) is 0 Å². The molecule has 2 N–H and O–H groups in total. The van der Waals surface area contributed by atoms with Crippen molar-refractivity contribution in [2.45, 2.75) is 25.9 Å². The van der Waals surface area contributed by atoms with E-state index in [9.17, 15) is 0 Å². The molecule has 1 aromatic carbocycles. The van der Waals surface area contributed by atoms with Crippen LogP contribution < -0.4 is 5.73 Å². The summed E-state index contributed by atoms with van der Waals surface area (Å²) < 4.78 is 0.992. The zero-order valence-corrected chi connectivity index (χ0v) is 13.3. The third-order valence-electron chi connectivity index (χ3n) is 3.85. The fourth-order valence-electron chi connectivity index (χ4n) is 2.68. The monoisotopic (exact) mass is 336 g/mol. The predicted octanol–water partition coefficient (Wildman–Crippen LogP) is 4.21. The number of halogens is 1. The van der Waals surface area contributed by atoms with Crippen molar-refractivity contribution in [2.24, 2.45) is 0 Å². The van der Waals surface area contributed by atoms with E-state index in [1.807, 2.05) is 17.4 Å². The molecule has 4 heteroatoms. The van der Waals surface area contributed by atoms with Crippen molar-refractivity contribution in [2.75, 3.05) is 12.3 Å². The summed E-state index contributed by atoms with van der Waals surface area (Å²) in [5, 5.41) is 2.21. The third-order valence-corrected chi connectivity index (χ3v) is 5.54. The molecule has 1 aliphatic heterocycles. The van der Waals surface area contributed by atoms with E-state index < -0.39 is 0 Å². The van der Waals surface area contributed by atoms with E-state index in [0.29, 0.717) is 6.04 Å². The number of hydrogen-bond donors (Lipinski definition) is 1. The molecule has 0 spiro atoms. The number of anilines is 1. The van der Waals surface area contributed by atoms with E-state index >= 15 is 0 Å². The van der Waals surface area contributed by atoms with E-state index in [0.717, 1.165) is 23.2 Å². The molecule has 1 unspecified atom stereocenters. The molecule has 0 saturated carbocycles. The van der Waals surface area contributed by atoms with Gasteiger partial charge in [-0.15, -0.1) is 11.3 Å². The van der Waals surface area contributed by atoms with E-state index in [2.05, 4.69) is 51.3 Å². The van der Waals surface area contributed by atoms with Gasteiger partial charge in [0, 0.05) is 34.2 Å². The molecule has 19 heavy (non-hydrogen) atoms. The summed E-state index contributed by atoms with van der Waals surface area (Å²) in [6.45, 7) is 4.42. The quantitative estimate of drug-likeness (QED) is 0.832. The summed E-state index contributed by atoms with van der Waals surface area (Å²) in [7, 11) is 0. The predicted molar refractivity (Wildman–Crippen MR) is 85.4 cm³/mol. The topological polar surface area (TPSA) is 29.3 Å². The summed E-state index contributed by atoms with van der Waals surface area (Å²) in [5.74, 6) is 0. The summed E-state index contributed by atoms with van der Waals surface area (Å²) in [4.78, 5) is 4.09. The molecule has 1 atom stereocenters. The highest BCUT2D eigenvalue weighted by Crippen LogP contribution is 2.34. The molecule has 0 bridgehead atoms. The van der Waals surface area contributed by atoms with E-state index in [4.69, 9.17) is 5.73 Å². The number of benzene rings is 1. The van der Waals surface area contributed by atoms with E-state index in [-0.39, 0.29) is 0 Å². The molecule has 0 saturated heterocycles. The number of nitrogens with two attached hydrogens (primary N) is 1. The molecule has 0 aliphatic carbocycles. The van der Waals surface area contributed by atoms with Gasteiger partial charge in [-0.1, -0.05) is 6.07 Å². The van der Waals surface area contributed by atoms with Gasteiger partial charge < -0.3 is 5.73 Å². The maximum atomic E-state index is 5.84.